The summed E-state index contributed by atoms with van der Waals surface area (Å²) in [4.78, 5) is 9.26. The van der Waals surface area contributed by atoms with Crippen molar-refractivity contribution in [3.63, 3.8) is 0 Å². The highest BCUT2D eigenvalue weighted by molar-refractivity contribution is 7.19. The fourth-order valence-corrected chi connectivity index (χ4v) is 9.10. The molecule has 2 aromatic heterocycles. The van der Waals surface area contributed by atoms with Gasteiger partial charge in [0.15, 0.2) is 8.07 Å². The van der Waals surface area contributed by atoms with E-state index in [2.05, 4.69) is 102 Å². The lowest BCUT2D eigenvalue weighted by molar-refractivity contribution is 1.29. The number of nitrogens with zero attached hydrogens (tertiary/aromatic N) is 2. The highest BCUT2D eigenvalue weighted by atomic mass is 28.3. The van der Waals surface area contributed by atoms with E-state index in [0.29, 0.717) is 0 Å². The van der Waals surface area contributed by atoms with Crippen molar-refractivity contribution < 1.29 is 0 Å². The molecule has 0 atom stereocenters. The molecule has 5 aromatic rings. The standard InChI is InChI=1S/C28H22N2Si/c1-4-12-24(13-5-1)31(25-14-6-2-7-15-25,26-16-8-3-9-17-26)27-20-23(21-29-22-27)28-18-10-11-19-30-28/h1-22H. The molecule has 3 heteroatoms. The van der Waals surface area contributed by atoms with Gasteiger partial charge in [0.25, 0.3) is 0 Å². The zero-order valence-corrected chi connectivity index (χ0v) is 18.1. The average Bonchev–Trinajstić information content (AvgIpc) is 2.87. The van der Waals surface area contributed by atoms with E-state index < -0.39 is 8.07 Å². The molecule has 0 spiro atoms. The van der Waals surface area contributed by atoms with Gasteiger partial charge in [0, 0.05) is 24.2 Å². The summed E-state index contributed by atoms with van der Waals surface area (Å²) in [5.74, 6) is 0. The third kappa shape index (κ3) is 3.49. The first-order chi connectivity index (χ1) is 15.4. The smallest absolute Gasteiger partial charge is 0.181 e. The number of hydrogen-bond acceptors (Lipinski definition) is 2. The summed E-state index contributed by atoms with van der Waals surface area (Å²) in [6.07, 6.45) is 5.79. The fourth-order valence-electron chi connectivity index (χ4n) is 4.38. The second kappa shape index (κ2) is 8.50. The molecule has 0 bridgehead atoms. The van der Waals surface area contributed by atoms with Gasteiger partial charge in [0.1, 0.15) is 0 Å². The Labute approximate surface area is 183 Å². The Balaban J connectivity index is 1.85. The van der Waals surface area contributed by atoms with Crippen LogP contribution in [-0.4, -0.2) is 18.0 Å². The Hall–Kier alpha value is -3.82. The van der Waals surface area contributed by atoms with Gasteiger partial charge in [-0.05, 0) is 38.9 Å². The molecule has 2 heterocycles. The molecular weight excluding hydrogens is 392 g/mol. The predicted molar refractivity (Wildman–Crippen MR) is 131 cm³/mol. The number of pyridine rings is 2. The largest absolute Gasteiger partial charge is 0.264 e. The third-order valence-corrected chi connectivity index (χ3v) is 10.5. The number of rotatable bonds is 5. The van der Waals surface area contributed by atoms with E-state index in [1.54, 1.807) is 0 Å². The van der Waals surface area contributed by atoms with Crippen LogP contribution in [0.5, 0.6) is 0 Å². The quantitative estimate of drug-likeness (QED) is 0.325. The minimum atomic E-state index is -2.55. The maximum Gasteiger partial charge on any atom is 0.181 e. The SMILES string of the molecule is c1ccc([Si](c2ccccc2)(c2ccccc2)c2cncc(-c3ccccn3)c2)cc1. The third-order valence-electron chi connectivity index (χ3n) is 5.75. The summed E-state index contributed by atoms with van der Waals surface area (Å²) in [5, 5.41) is 5.27. The molecule has 0 saturated heterocycles. The van der Waals surface area contributed by atoms with Crippen LogP contribution in [0.25, 0.3) is 11.3 Å². The van der Waals surface area contributed by atoms with Crippen molar-refractivity contribution in [3.8, 4) is 11.3 Å². The fraction of sp³-hybridized carbons (Fsp3) is 0. The molecule has 0 fully saturated rings. The summed E-state index contributed by atoms with van der Waals surface area (Å²) in [7, 11) is -2.55. The van der Waals surface area contributed by atoms with Crippen LogP contribution >= 0.6 is 0 Å². The minimum Gasteiger partial charge on any atom is -0.264 e. The lowest BCUT2D eigenvalue weighted by Crippen LogP contribution is -2.74. The Bertz CT molecular complexity index is 1160. The van der Waals surface area contributed by atoms with Crippen LogP contribution in [0, 0.1) is 0 Å². The summed E-state index contributed by atoms with van der Waals surface area (Å²) >= 11 is 0. The van der Waals surface area contributed by atoms with Crippen molar-refractivity contribution in [3.05, 3.63) is 134 Å². The number of benzene rings is 3. The van der Waals surface area contributed by atoms with Crippen LogP contribution in [0.4, 0.5) is 0 Å². The maximum atomic E-state index is 4.70. The van der Waals surface area contributed by atoms with Gasteiger partial charge in [-0.2, -0.15) is 0 Å². The monoisotopic (exact) mass is 414 g/mol. The first kappa shape index (κ1) is 19.2. The molecule has 0 aliphatic rings. The highest BCUT2D eigenvalue weighted by Crippen LogP contribution is 2.16. The normalized spacial score (nSPS) is 11.2. The molecule has 5 rings (SSSR count). The van der Waals surface area contributed by atoms with Gasteiger partial charge >= 0.3 is 0 Å². The van der Waals surface area contributed by atoms with Crippen LogP contribution < -0.4 is 20.7 Å². The molecule has 3 aromatic carbocycles. The average molecular weight is 415 g/mol. The molecule has 2 nitrogen and oxygen atoms in total. The molecule has 31 heavy (non-hydrogen) atoms. The topological polar surface area (TPSA) is 25.8 Å². The summed E-state index contributed by atoms with van der Waals surface area (Å²) in [5.41, 5.74) is 1.98. The first-order valence-corrected chi connectivity index (χ1v) is 12.4. The van der Waals surface area contributed by atoms with Gasteiger partial charge in [0.05, 0.1) is 5.69 Å². The molecule has 0 unspecified atom stereocenters. The Morgan fingerprint density at radius 1 is 0.484 bits per heavy atom. The molecule has 0 aliphatic heterocycles. The van der Waals surface area contributed by atoms with E-state index in [1.807, 2.05) is 36.8 Å². The van der Waals surface area contributed by atoms with Gasteiger partial charge in [-0.15, -0.1) is 0 Å². The van der Waals surface area contributed by atoms with Gasteiger partial charge in [-0.1, -0.05) is 97.1 Å². The van der Waals surface area contributed by atoms with Crippen LogP contribution in [0.2, 0.25) is 0 Å². The van der Waals surface area contributed by atoms with Gasteiger partial charge < -0.3 is 0 Å². The zero-order valence-electron chi connectivity index (χ0n) is 17.1. The lowest BCUT2D eigenvalue weighted by Gasteiger charge is -2.34. The minimum absolute atomic E-state index is 0.939. The molecule has 0 saturated carbocycles. The van der Waals surface area contributed by atoms with Gasteiger partial charge in [-0.3, -0.25) is 9.97 Å². The van der Waals surface area contributed by atoms with Crippen molar-refractivity contribution in [1.82, 2.24) is 9.97 Å². The van der Waals surface area contributed by atoms with E-state index in [4.69, 9.17) is 4.98 Å². The van der Waals surface area contributed by atoms with Crippen LogP contribution in [0.3, 0.4) is 0 Å². The molecule has 0 amide bonds. The van der Waals surface area contributed by atoms with Crippen molar-refractivity contribution in [2.45, 2.75) is 0 Å². The summed E-state index contributed by atoms with van der Waals surface area (Å²) in [6, 6.07) is 40.9. The Morgan fingerprint density at radius 3 is 1.48 bits per heavy atom. The van der Waals surface area contributed by atoms with Gasteiger partial charge in [0.2, 0.25) is 0 Å². The Morgan fingerprint density at radius 2 is 1.00 bits per heavy atom. The predicted octanol–water partition coefficient (Wildman–Crippen LogP) is 3.52. The molecule has 148 valence electrons. The van der Waals surface area contributed by atoms with E-state index in [0.717, 1.165) is 11.3 Å². The molecule has 0 aliphatic carbocycles. The highest BCUT2D eigenvalue weighted by Gasteiger charge is 2.41. The lowest BCUT2D eigenvalue weighted by atomic mass is 10.2. The zero-order chi connectivity index (χ0) is 20.9. The number of hydrogen-bond donors (Lipinski definition) is 0. The van der Waals surface area contributed by atoms with Crippen molar-refractivity contribution in [1.29, 1.82) is 0 Å². The van der Waals surface area contributed by atoms with E-state index in [1.165, 1.54) is 20.7 Å². The number of aromatic nitrogens is 2. The second-order valence-corrected chi connectivity index (χ2v) is 11.3. The van der Waals surface area contributed by atoms with E-state index in [-0.39, 0.29) is 0 Å². The first-order valence-electron chi connectivity index (χ1n) is 10.4. The van der Waals surface area contributed by atoms with Gasteiger partial charge in [-0.25, -0.2) is 0 Å². The molecule has 0 radical (unpaired) electrons. The summed E-state index contributed by atoms with van der Waals surface area (Å²) < 4.78 is 0. The van der Waals surface area contributed by atoms with Crippen molar-refractivity contribution in [2.24, 2.45) is 0 Å². The molecular formula is C28H22N2Si. The summed E-state index contributed by atoms with van der Waals surface area (Å²) in [6.45, 7) is 0. The van der Waals surface area contributed by atoms with Crippen LogP contribution in [-0.2, 0) is 0 Å². The van der Waals surface area contributed by atoms with Crippen molar-refractivity contribution >= 4 is 28.8 Å². The molecule has 0 N–H and O–H groups in total. The Kier molecular flexibility index (Phi) is 5.25. The van der Waals surface area contributed by atoms with Crippen molar-refractivity contribution in [2.75, 3.05) is 0 Å². The van der Waals surface area contributed by atoms with Crippen LogP contribution in [0.15, 0.2) is 134 Å². The second-order valence-electron chi connectivity index (χ2n) is 7.53. The maximum absolute atomic E-state index is 4.70. The van der Waals surface area contributed by atoms with E-state index in [9.17, 15) is 0 Å². The van der Waals surface area contributed by atoms with Crippen LogP contribution in [0.1, 0.15) is 0 Å². The van der Waals surface area contributed by atoms with E-state index >= 15 is 0 Å².